The maximum atomic E-state index is 13.0. The molecule has 1 aromatic carbocycles. The van der Waals surface area contributed by atoms with Gasteiger partial charge in [-0.25, -0.2) is 9.18 Å². The molecule has 1 heterocycles. The molecule has 6 heteroatoms. The number of piperidine rings is 1. The Hall–Kier alpha value is -2.11. The zero-order valence-electron chi connectivity index (χ0n) is 11.7. The van der Waals surface area contributed by atoms with E-state index in [-0.39, 0.29) is 30.9 Å². The summed E-state index contributed by atoms with van der Waals surface area (Å²) in [6.45, 7) is 0.738. The second-order valence-electron chi connectivity index (χ2n) is 5.13. The first-order valence-corrected chi connectivity index (χ1v) is 7.09. The van der Waals surface area contributed by atoms with Crippen molar-refractivity contribution in [3.63, 3.8) is 0 Å². The van der Waals surface area contributed by atoms with Crippen molar-refractivity contribution in [2.24, 2.45) is 0 Å². The van der Waals surface area contributed by atoms with E-state index in [0.717, 1.165) is 24.8 Å². The molecule has 0 bridgehead atoms. The minimum atomic E-state index is -0.941. The molecule has 0 aliphatic carbocycles. The van der Waals surface area contributed by atoms with E-state index >= 15 is 0 Å². The van der Waals surface area contributed by atoms with Crippen LogP contribution in [0.3, 0.4) is 0 Å². The Kier molecular flexibility index (Phi) is 5.14. The van der Waals surface area contributed by atoms with Crippen molar-refractivity contribution in [2.45, 2.75) is 31.7 Å². The van der Waals surface area contributed by atoms with Gasteiger partial charge in [-0.3, -0.25) is 4.79 Å². The first-order chi connectivity index (χ1) is 10.1. The van der Waals surface area contributed by atoms with E-state index in [1.807, 2.05) is 0 Å². The van der Waals surface area contributed by atoms with Crippen LogP contribution in [-0.2, 0) is 4.79 Å². The van der Waals surface area contributed by atoms with Gasteiger partial charge in [0.1, 0.15) is 5.82 Å². The maximum Gasteiger partial charge on any atom is 0.317 e. The summed E-state index contributed by atoms with van der Waals surface area (Å²) in [5, 5.41) is 11.2. The van der Waals surface area contributed by atoms with Gasteiger partial charge in [-0.2, -0.15) is 0 Å². The summed E-state index contributed by atoms with van der Waals surface area (Å²) in [7, 11) is 0. The van der Waals surface area contributed by atoms with Crippen LogP contribution in [0.4, 0.5) is 9.18 Å². The van der Waals surface area contributed by atoms with Crippen LogP contribution in [0, 0.1) is 5.82 Å². The number of benzene rings is 1. The third-order valence-electron chi connectivity index (χ3n) is 3.63. The molecule has 1 saturated heterocycles. The van der Waals surface area contributed by atoms with Gasteiger partial charge in [0.25, 0.3) is 0 Å². The molecule has 0 aromatic heterocycles. The molecule has 2 rings (SSSR count). The summed E-state index contributed by atoms with van der Waals surface area (Å²) in [6.07, 6.45) is 2.67. The Balaban J connectivity index is 2.02. The number of rotatable bonds is 4. The Morgan fingerprint density at radius 3 is 2.67 bits per heavy atom. The molecule has 21 heavy (non-hydrogen) atoms. The number of amides is 2. The van der Waals surface area contributed by atoms with Crippen LogP contribution in [0.5, 0.6) is 0 Å². The van der Waals surface area contributed by atoms with Crippen molar-refractivity contribution < 1.29 is 19.1 Å². The lowest BCUT2D eigenvalue weighted by atomic mass is 9.95. The van der Waals surface area contributed by atoms with Crippen molar-refractivity contribution in [1.29, 1.82) is 0 Å². The van der Waals surface area contributed by atoms with Gasteiger partial charge < -0.3 is 15.3 Å². The second kappa shape index (κ2) is 7.06. The highest BCUT2D eigenvalue weighted by Crippen LogP contribution is 2.30. The lowest BCUT2D eigenvalue weighted by Crippen LogP contribution is -2.45. The summed E-state index contributed by atoms with van der Waals surface area (Å²) in [5.41, 5.74) is 0.907. The molecule has 1 aliphatic rings. The van der Waals surface area contributed by atoms with E-state index < -0.39 is 5.97 Å². The number of carbonyl (C=O) groups excluding carboxylic acids is 1. The highest BCUT2D eigenvalue weighted by Gasteiger charge is 2.27. The average Bonchev–Trinajstić information content (AvgIpc) is 2.47. The predicted molar refractivity (Wildman–Crippen MR) is 75.3 cm³/mol. The van der Waals surface area contributed by atoms with Crippen molar-refractivity contribution in [2.75, 3.05) is 13.1 Å². The Labute approximate surface area is 122 Å². The van der Waals surface area contributed by atoms with Gasteiger partial charge in [-0.15, -0.1) is 0 Å². The van der Waals surface area contributed by atoms with Crippen LogP contribution in [0.1, 0.15) is 37.3 Å². The summed E-state index contributed by atoms with van der Waals surface area (Å²) in [6, 6.07) is 5.84. The fraction of sp³-hybridized carbons (Fsp3) is 0.467. The third kappa shape index (κ3) is 4.18. The molecular weight excluding hydrogens is 275 g/mol. The van der Waals surface area contributed by atoms with Crippen LogP contribution >= 0.6 is 0 Å². The Bertz CT molecular complexity index is 504. The number of carboxylic acids is 1. The standard InChI is InChI=1S/C15H19FN2O3/c16-12-6-4-11(5-7-12)13-3-1-2-10-18(13)15(21)17-9-8-14(19)20/h4-7,13H,1-3,8-10H2,(H,17,21)(H,19,20). The van der Waals surface area contributed by atoms with Gasteiger partial charge in [0.15, 0.2) is 0 Å². The largest absolute Gasteiger partial charge is 0.481 e. The lowest BCUT2D eigenvalue weighted by molar-refractivity contribution is -0.136. The molecule has 1 unspecified atom stereocenters. The van der Waals surface area contributed by atoms with Crippen LogP contribution < -0.4 is 5.32 Å². The second-order valence-corrected chi connectivity index (χ2v) is 5.13. The van der Waals surface area contributed by atoms with Gasteiger partial charge in [0.2, 0.25) is 0 Å². The fourth-order valence-corrected chi connectivity index (χ4v) is 2.58. The number of nitrogens with one attached hydrogen (secondary N) is 1. The molecule has 0 spiro atoms. The molecular formula is C15H19FN2O3. The van der Waals surface area contributed by atoms with Crippen molar-refractivity contribution >= 4 is 12.0 Å². The lowest BCUT2D eigenvalue weighted by Gasteiger charge is -2.36. The summed E-state index contributed by atoms with van der Waals surface area (Å²) < 4.78 is 13.0. The zero-order chi connectivity index (χ0) is 15.2. The van der Waals surface area contributed by atoms with Gasteiger partial charge >= 0.3 is 12.0 Å². The van der Waals surface area contributed by atoms with Gasteiger partial charge in [0, 0.05) is 13.1 Å². The first kappa shape index (κ1) is 15.3. The fourth-order valence-electron chi connectivity index (χ4n) is 2.58. The van der Waals surface area contributed by atoms with Crippen molar-refractivity contribution in [1.82, 2.24) is 10.2 Å². The number of likely N-dealkylation sites (tertiary alicyclic amines) is 1. The van der Waals surface area contributed by atoms with E-state index in [0.29, 0.717) is 6.54 Å². The van der Waals surface area contributed by atoms with Gasteiger partial charge in [-0.1, -0.05) is 12.1 Å². The van der Waals surface area contributed by atoms with Gasteiger partial charge in [0.05, 0.1) is 12.5 Å². The molecule has 1 aliphatic heterocycles. The number of aliphatic carboxylic acids is 1. The summed E-state index contributed by atoms with van der Waals surface area (Å²) in [5.74, 6) is -1.24. The Morgan fingerprint density at radius 1 is 1.29 bits per heavy atom. The normalized spacial score (nSPS) is 18.3. The molecule has 5 nitrogen and oxygen atoms in total. The first-order valence-electron chi connectivity index (χ1n) is 7.09. The van der Waals surface area contributed by atoms with E-state index in [1.165, 1.54) is 12.1 Å². The number of hydrogen-bond donors (Lipinski definition) is 2. The monoisotopic (exact) mass is 294 g/mol. The van der Waals surface area contributed by atoms with E-state index in [1.54, 1.807) is 17.0 Å². The molecule has 1 atom stereocenters. The van der Waals surface area contributed by atoms with E-state index in [9.17, 15) is 14.0 Å². The number of urea groups is 1. The quantitative estimate of drug-likeness (QED) is 0.896. The van der Waals surface area contributed by atoms with Crippen LogP contribution in [0.2, 0.25) is 0 Å². The van der Waals surface area contributed by atoms with Crippen molar-refractivity contribution in [3.8, 4) is 0 Å². The Morgan fingerprint density at radius 2 is 2.00 bits per heavy atom. The summed E-state index contributed by atoms with van der Waals surface area (Å²) >= 11 is 0. The smallest absolute Gasteiger partial charge is 0.317 e. The number of halogens is 1. The van der Waals surface area contributed by atoms with E-state index in [2.05, 4.69) is 5.32 Å². The molecule has 1 aromatic rings. The highest BCUT2D eigenvalue weighted by atomic mass is 19.1. The van der Waals surface area contributed by atoms with Crippen molar-refractivity contribution in [3.05, 3.63) is 35.6 Å². The molecule has 0 saturated carbocycles. The molecule has 0 radical (unpaired) electrons. The number of nitrogens with zero attached hydrogens (tertiary/aromatic N) is 1. The SMILES string of the molecule is O=C(O)CCNC(=O)N1CCCCC1c1ccc(F)cc1. The highest BCUT2D eigenvalue weighted by molar-refractivity contribution is 5.75. The number of carboxylic acid groups (broad SMARTS) is 1. The van der Waals surface area contributed by atoms with Gasteiger partial charge in [-0.05, 0) is 37.0 Å². The average molecular weight is 294 g/mol. The third-order valence-corrected chi connectivity index (χ3v) is 3.63. The minimum Gasteiger partial charge on any atom is -0.481 e. The molecule has 114 valence electrons. The summed E-state index contributed by atoms with van der Waals surface area (Å²) in [4.78, 5) is 24.4. The number of hydrogen-bond acceptors (Lipinski definition) is 2. The van der Waals surface area contributed by atoms with Crippen LogP contribution in [-0.4, -0.2) is 35.1 Å². The van der Waals surface area contributed by atoms with E-state index in [4.69, 9.17) is 5.11 Å². The minimum absolute atomic E-state index is 0.0795. The zero-order valence-corrected chi connectivity index (χ0v) is 11.7. The van der Waals surface area contributed by atoms with Crippen LogP contribution in [0.25, 0.3) is 0 Å². The van der Waals surface area contributed by atoms with Crippen LogP contribution in [0.15, 0.2) is 24.3 Å². The molecule has 2 N–H and O–H groups in total. The molecule has 1 fully saturated rings. The maximum absolute atomic E-state index is 13.0. The topological polar surface area (TPSA) is 69.6 Å². The number of carbonyl (C=O) groups is 2. The molecule has 2 amide bonds. The predicted octanol–water partition coefficient (Wildman–Crippen LogP) is 2.54.